The number of unbranched alkanes of at least 4 members (excludes halogenated alkanes) is 1. The minimum absolute atomic E-state index is 0.0108. The first-order chi connectivity index (χ1) is 25.4. The van der Waals surface area contributed by atoms with Crippen molar-refractivity contribution in [1.29, 1.82) is 0 Å². The lowest BCUT2D eigenvalue weighted by Gasteiger charge is -2.46. The molecule has 0 bridgehead atoms. The van der Waals surface area contributed by atoms with Crippen molar-refractivity contribution in [3.63, 3.8) is 0 Å². The van der Waals surface area contributed by atoms with Crippen molar-refractivity contribution >= 4 is 23.6 Å². The topological polar surface area (TPSA) is 163 Å². The van der Waals surface area contributed by atoms with Crippen LogP contribution in [0, 0.1) is 17.8 Å². The summed E-state index contributed by atoms with van der Waals surface area (Å²) in [6, 6.07) is 4.40. The predicted octanol–water partition coefficient (Wildman–Crippen LogP) is 4.75. The molecular formula is C40H62FN3O10. The first-order valence-corrected chi connectivity index (χ1v) is 19.5. The maximum absolute atomic E-state index is 16.8. The van der Waals surface area contributed by atoms with E-state index in [-0.39, 0.29) is 37.3 Å². The van der Waals surface area contributed by atoms with Crippen LogP contribution >= 0.6 is 0 Å². The zero-order valence-electron chi connectivity index (χ0n) is 33.6. The molecule has 1 amide bonds. The van der Waals surface area contributed by atoms with Crippen LogP contribution in [0.4, 0.5) is 9.18 Å². The number of hydrogen-bond donors (Lipinski definition) is 2. The number of aromatic nitrogens is 1. The summed E-state index contributed by atoms with van der Waals surface area (Å²) in [6.45, 7) is 15.3. The third kappa shape index (κ3) is 8.98. The first kappa shape index (κ1) is 43.7. The summed E-state index contributed by atoms with van der Waals surface area (Å²) in [5, 5.41) is 14.6. The molecule has 4 rings (SSSR count). The van der Waals surface area contributed by atoms with E-state index < -0.39 is 83.1 Å². The van der Waals surface area contributed by atoms with Gasteiger partial charge in [-0.2, -0.15) is 0 Å². The van der Waals surface area contributed by atoms with E-state index in [1.54, 1.807) is 40.8 Å². The van der Waals surface area contributed by atoms with E-state index in [2.05, 4.69) is 10.3 Å². The van der Waals surface area contributed by atoms with E-state index in [0.29, 0.717) is 32.2 Å². The minimum atomic E-state index is -3.16. The number of cyclic esters (lactones) is 1. The van der Waals surface area contributed by atoms with Gasteiger partial charge in [-0.3, -0.25) is 14.6 Å². The molecule has 3 aliphatic heterocycles. The van der Waals surface area contributed by atoms with Crippen LogP contribution in [-0.4, -0.2) is 118 Å². The number of esters is 1. The maximum Gasteiger partial charge on any atom is 0.410 e. The summed E-state index contributed by atoms with van der Waals surface area (Å²) < 4.78 is 47.2. The van der Waals surface area contributed by atoms with Gasteiger partial charge in [0.05, 0.1) is 23.9 Å². The second-order valence-corrected chi connectivity index (χ2v) is 16.0. The average Bonchev–Trinajstić information content (AvgIpc) is 3.40. The molecule has 3 saturated heterocycles. The Kier molecular flexibility index (Phi) is 14.4. The number of nitrogens with zero attached hydrogens (tertiary/aromatic N) is 2. The van der Waals surface area contributed by atoms with Crippen LogP contribution < -0.4 is 5.32 Å². The van der Waals surface area contributed by atoms with Crippen molar-refractivity contribution in [1.82, 2.24) is 15.2 Å². The normalized spacial score (nSPS) is 39.8. The van der Waals surface area contributed by atoms with Crippen LogP contribution in [0.2, 0.25) is 0 Å². The minimum Gasteiger partial charge on any atom is -0.455 e. The average molecular weight is 764 g/mol. The van der Waals surface area contributed by atoms with Gasteiger partial charge in [0.2, 0.25) is 0 Å². The van der Waals surface area contributed by atoms with Crippen LogP contribution in [0.1, 0.15) is 100 Å². The summed E-state index contributed by atoms with van der Waals surface area (Å²) in [5.41, 5.74) is -5.24. The Morgan fingerprint density at radius 1 is 1.06 bits per heavy atom. The number of alkyl halides is 1. The molecule has 4 heterocycles. The Bertz CT molecular complexity index is 1470. The fraction of sp³-hybridized carbons (Fsp3) is 0.775. The van der Waals surface area contributed by atoms with Crippen LogP contribution in [0.15, 0.2) is 24.4 Å². The quantitative estimate of drug-likeness (QED) is 0.181. The lowest BCUT2D eigenvalue weighted by molar-refractivity contribution is -0.290. The zero-order chi connectivity index (χ0) is 40.2. The van der Waals surface area contributed by atoms with Gasteiger partial charge in [-0.15, -0.1) is 0 Å². The van der Waals surface area contributed by atoms with E-state index in [1.165, 1.54) is 18.9 Å². The number of halogens is 1. The van der Waals surface area contributed by atoms with Crippen LogP contribution in [0.3, 0.4) is 0 Å². The van der Waals surface area contributed by atoms with Gasteiger partial charge in [0.1, 0.15) is 18.0 Å². The van der Waals surface area contributed by atoms with Gasteiger partial charge >= 0.3 is 12.1 Å². The molecule has 13 nitrogen and oxygen atoms in total. The van der Waals surface area contributed by atoms with Crippen molar-refractivity contribution in [3.8, 4) is 0 Å². The molecule has 0 saturated carbocycles. The second-order valence-electron chi connectivity index (χ2n) is 16.0. The number of aryl methyl sites for hydroxylation is 1. The number of carbonyl (C=O) groups is 4. The fourth-order valence-electron chi connectivity index (χ4n) is 8.82. The molecule has 3 aliphatic rings. The molecule has 1 aromatic heterocycles. The molecule has 0 radical (unpaired) electrons. The number of aliphatic hydroxyl groups excluding tert-OH is 1. The van der Waals surface area contributed by atoms with Gasteiger partial charge < -0.3 is 39.0 Å². The molecule has 0 spiro atoms. The molecule has 54 heavy (non-hydrogen) atoms. The number of pyridine rings is 1. The first-order valence-electron chi connectivity index (χ1n) is 19.5. The number of hydrogen-bond acceptors (Lipinski definition) is 12. The molecule has 14 heteroatoms. The molecule has 304 valence electrons. The molecule has 0 aliphatic carbocycles. The van der Waals surface area contributed by atoms with Crippen LogP contribution in [0.5, 0.6) is 0 Å². The van der Waals surface area contributed by atoms with E-state index in [4.69, 9.17) is 23.7 Å². The summed E-state index contributed by atoms with van der Waals surface area (Å²) in [7, 11) is 1.40. The van der Waals surface area contributed by atoms with Crippen molar-refractivity contribution in [2.24, 2.45) is 17.8 Å². The molecule has 0 aromatic carbocycles. The molecule has 13 atom stereocenters. The summed E-state index contributed by atoms with van der Waals surface area (Å²) >= 11 is 0. The van der Waals surface area contributed by atoms with Gasteiger partial charge in [0, 0.05) is 49.3 Å². The number of Topliss-reactive ketones (excluding diaryl/α,β-unsaturated/α-hetero) is 2. The molecular weight excluding hydrogens is 701 g/mol. The molecule has 1 unspecified atom stereocenters. The number of ether oxygens (including phenoxy) is 5. The number of ketones is 2. The Hall–Kier alpha value is -3.04. The lowest BCUT2D eigenvalue weighted by Crippen LogP contribution is -2.62. The molecule has 3 fully saturated rings. The van der Waals surface area contributed by atoms with Crippen molar-refractivity contribution in [2.75, 3.05) is 20.2 Å². The molecule has 1 aromatic rings. The Balaban J connectivity index is 1.74. The number of carbonyl (C=O) groups excluding carboxylic acids is 4. The number of nitrogens with one attached hydrogen (secondary N) is 1. The molecule has 2 N–H and O–H groups in total. The van der Waals surface area contributed by atoms with E-state index in [0.717, 1.165) is 12.6 Å². The van der Waals surface area contributed by atoms with Crippen molar-refractivity contribution in [3.05, 3.63) is 30.1 Å². The largest absolute Gasteiger partial charge is 0.455 e. The number of fused-ring (bicyclic) bond motifs is 1. The zero-order valence-corrected chi connectivity index (χ0v) is 33.6. The number of aliphatic hydroxyl groups is 1. The lowest BCUT2D eigenvalue weighted by atomic mass is 9.73. The third-order valence-electron chi connectivity index (χ3n) is 11.8. The van der Waals surface area contributed by atoms with Gasteiger partial charge in [-0.1, -0.05) is 40.7 Å². The monoisotopic (exact) mass is 763 g/mol. The number of likely N-dealkylation sites (N-methyl/N-ethyl adjacent to an activating group) is 1. The van der Waals surface area contributed by atoms with Gasteiger partial charge in [-0.05, 0) is 84.9 Å². The highest BCUT2D eigenvalue weighted by molar-refractivity contribution is 6.08. The van der Waals surface area contributed by atoms with Crippen molar-refractivity contribution < 1.29 is 52.4 Å². The summed E-state index contributed by atoms with van der Waals surface area (Å²) in [6.07, 6.45) is -1.60. The fourth-order valence-corrected chi connectivity index (χ4v) is 8.82. The van der Waals surface area contributed by atoms with E-state index in [1.807, 2.05) is 32.0 Å². The third-order valence-corrected chi connectivity index (χ3v) is 11.8. The highest BCUT2D eigenvalue weighted by atomic mass is 19.1. The van der Waals surface area contributed by atoms with Crippen LogP contribution in [-0.2, 0) is 44.5 Å². The Labute approximate surface area is 319 Å². The standard InChI is InChI=1S/C40H62FN3O10/c1-11-29-40(9)32(44(37(49)54-40)20-16-14-18-27-17-13-15-19-43-27)25(5)30(45)23(3)22-38(7,50-10)34(26(6)33(47)39(8,41)36(48)52-29)53-35-31(46)28(42-12-2)21-24(4)51-35/h13,15,17,19,23-26,28-29,31-32,34-35,42,46H,11-12,14,16,18,20-22H2,1-10H3/t23-,24-,25+,26+,28+,29-,31+,32?,34-,35+,38-,39+,40-/m1/s1. The highest BCUT2D eigenvalue weighted by Crippen LogP contribution is 2.43. The SMILES string of the molecule is CCN[C@H]1C[C@@H](C)O[C@@H](O[C@@H]2[C@@H](C)C(=O)[C@](C)(F)C(=O)O[C@H](CC)[C@@]3(C)OC(=O)N(CCCCc4ccccn4)C3[C@@H](C)C(=O)[C@H](C)C[C@@]2(C)OC)[C@H]1O. The predicted molar refractivity (Wildman–Crippen MR) is 197 cm³/mol. The van der Waals surface area contributed by atoms with Crippen molar-refractivity contribution in [2.45, 2.75) is 160 Å². The number of rotatable bonds is 11. The smallest absolute Gasteiger partial charge is 0.410 e. The highest BCUT2D eigenvalue weighted by Gasteiger charge is 2.61. The van der Waals surface area contributed by atoms with Crippen LogP contribution in [0.25, 0.3) is 0 Å². The van der Waals surface area contributed by atoms with E-state index in [9.17, 15) is 24.3 Å². The number of methoxy groups -OCH3 is 1. The summed E-state index contributed by atoms with van der Waals surface area (Å²) in [4.78, 5) is 62.1. The van der Waals surface area contributed by atoms with Gasteiger partial charge in [-0.25, -0.2) is 14.0 Å². The maximum atomic E-state index is 16.8. The Morgan fingerprint density at radius 3 is 2.37 bits per heavy atom. The van der Waals surface area contributed by atoms with E-state index >= 15 is 4.39 Å². The Morgan fingerprint density at radius 2 is 1.76 bits per heavy atom. The van der Waals surface area contributed by atoms with Gasteiger partial charge in [0.25, 0.3) is 5.67 Å². The number of amides is 1. The van der Waals surface area contributed by atoms with Gasteiger partial charge in [0.15, 0.2) is 17.7 Å². The second kappa shape index (κ2) is 17.8. The summed E-state index contributed by atoms with van der Waals surface area (Å²) in [5.74, 6) is -5.71.